The number of anilines is 1. The van der Waals surface area contributed by atoms with Crippen molar-refractivity contribution in [1.82, 2.24) is 0 Å². The van der Waals surface area contributed by atoms with Crippen molar-refractivity contribution in [3.8, 4) is 5.75 Å². The largest absolute Gasteiger partial charge is 0.496 e. The van der Waals surface area contributed by atoms with Crippen molar-refractivity contribution in [1.29, 1.82) is 0 Å². The maximum absolute atomic E-state index is 11.5. The highest BCUT2D eigenvalue weighted by atomic mass is 16.6. The van der Waals surface area contributed by atoms with Gasteiger partial charge in [-0.15, -0.1) is 0 Å². The number of carbonyl (C=O) groups excluding carboxylic acids is 1. The predicted molar refractivity (Wildman–Crippen MR) is 102 cm³/mol. The number of esters is 1. The predicted octanol–water partition coefficient (Wildman–Crippen LogP) is 3.89. The number of fused-ring (bicyclic) bond motifs is 1. The topological polar surface area (TPSA) is 90.7 Å². The molecule has 27 heavy (non-hydrogen) atoms. The summed E-state index contributed by atoms with van der Waals surface area (Å²) < 4.78 is 9.94. The highest BCUT2D eigenvalue weighted by Crippen LogP contribution is 2.40. The van der Waals surface area contributed by atoms with Gasteiger partial charge < -0.3 is 14.8 Å². The third kappa shape index (κ3) is 3.92. The number of hydrogen-bond donors (Lipinski definition) is 1. The molecule has 1 atom stereocenters. The molecule has 0 aromatic heterocycles. The second kappa shape index (κ2) is 7.90. The van der Waals surface area contributed by atoms with E-state index in [1.54, 1.807) is 19.2 Å². The third-order valence-corrected chi connectivity index (χ3v) is 4.61. The van der Waals surface area contributed by atoms with Crippen LogP contribution in [0.4, 0.5) is 11.4 Å². The molecular formula is C20H20N2O5. The standard InChI is InChI=1S/C20H20N2O5/c1-26-19-5-3-4-14-15(19)8-10-16(14)21-17-9-6-13(7-11-20(23)27-2)12-18(17)22(24)25/h3-7,9,11-12,16,21H,8,10H2,1-2H3/b11-7+. The van der Waals surface area contributed by atoms with Gasteiger partial charge in [0.15, 0.2) is 0 Å². The van der Waals surface area contributed by atoms with E-state index in [2.05, 4.69) is 10.1 Å². The van der Waals surface area contributed by atoms with E-state index in [1.807, 2.05) is 18.2 Å². The molecule has 0 spiro atoms. The molecule has 0 fully saturated rings. The number of methoxy groups -OCH3 is 2. The van der Waals surface area contributed by atoms with E-state index in [1.165, 1.54) is 25.3 Å². The van der Waals surface area contributed by atoms with Gasteiger partial charge >= 0.3 is 5.97 Å². The average molecular weight is 368 g/mol. The van der Waals surface area contributed by atoms with E-state index >= 15 is 0 Å². The Labute approximate surface area is 156 Å². The number of hydrogen-bond acceptors (Lipinski definition) is 6. The van der Waals surface area contributed by atoms with Gasteiger partial charge in [0.25, 0.3) is 5.69 Å². The van der Waals surface area contributed by atoms with Crippen LogP contribution in [-0.4, -0.2) is 25.1 Å². The zero-order valence-corrected chi connectivity index (χ0v) is 15.1. The summed E-state index contributed by atoms with van der Waals surface area (Å²) in [5, 5.41) is 14.8. The maximum atomic E-state index is 11.5. The lowest BCUT2D eigenvalue weighted by Gasteiger charge is -2.16. The normalized spacial score (nSPS) is 15.4. The Bertz CT molecular complexity index is 907. The fraction of sp³-hybridized carbons (Fsp3) is 0.250. The molecule has 2 aromatic carbocycles. The van der Waals surface area contributed by atoms with E-state index in [4.69, 9.17) is 4.74 Å². The van der Waals surface area contributed by atoms with Gasteiger partial charge in [-0.1, -0.05) is 18.2 Å². The van der Waals surface area contributed by atoms with E-state index in [0.29, 0.717) is 11.3 Å². The highest BCUT2D eigenvalue weighted by molar-refractivity contribution is 5.87. The van der Waals surface area contributed by atoms with Crippen LogP contribution in [-0.2, 0) is 16.0 Å². The van der Waals surface area contributed by atoms with Crippen LogP contribution in [0.1, 0.15) is 29.2 Å². The van der Waals surface area contributed by atoms with Crippen molar-refractivity contribution >= 4 is 23.4 Å². The Kier molecular flexibility index (Phi) is 5.40. The number of rotatable bonds is 6. The second-order valence-electron chi connectivity index (χ2n) is 6.15. The summed E-state index contributed by atoms with van der Waals surface area (Å²) in [5.74, 6) is 0.325. The molecule has 1 aliphatic carbocycles. The van der Waals surface area contributed by atoms with E-state index in [9.17, 15) is 14.9 Å². The zero-order chi connectivity index (χ0) is 19.4. The monoisotopic (exact) mass is 368 g/mol. The van der Waals surface area contributed by atoms with Crippen molar-refractivity contribution in [3.05, 3.63) is 69.3 Å². The van der Waals surface area contributed by atoms with Gasteiger partial charge in [0.2, 0.25) is 0 Å². The number of nitrogens with zero attached hydrogens (tertiary/aromatic N) is 1. The smallest absolute Gasteiger partial charge is 0.330 e. The molecule has 0 saturated heterocycles. The number of ether oxygens (including phenoxy) is 2. The van der Waals surface area contributed by atoms with E-state index < -0.39 is 10.9 Å². The van der Waals surface area contributed by atoms with Crippen LogP contribution in [0.3, 0.4) is 0 Å². The van der Waals surface area contributed by atoms with Crippen LogP contribution in [0, 0.1) is 10.1 Å². The second-order valence-corrected chi connectivity index (χ2v) is 6.15. The maximum Gasteiger partial charge on any atom is 0.330 e. The Hall–Kier alpha value is -3.35. The molecule has 1 aliphatic rings. The first-order valence-electron chi connectivity index (χ1n) is 8.50. The summed E-state index contributed by atoms with van der Waals surface area (Å²) >= 11 is 0. The van der Waals surface area contributed by atoms with Crippen LogP contribution >= 0.6 is 0 Å². The Balaban J connectivity index is 1.87. The van der Waals surface area contributed by atoms with Gasteiger partial charge in [-0.2, -0.15) is 0 Å². The molecule has 0 amide bonds. The number of carbonyl (C=O) groups is 1. The van der Waals surface area contributed by atoms with Crippen molar-refractivity contribution in [2.75, 3.05) is 19.5 Å². The summed E-state index contributed by atoms with van der Waals surface area (Å²) in [6, 6.07) is 10.7. The summed E-state index contributed by atoms with van der Waals surface area (Å²) in [6.07, 6.45) is 4.39. The molecule has 3 rings (SSSR count). The molecule has 2 aromatic rings. The lowest BCUT2D eigenvalue weighted by Crippen LogP contribution is -2.09. The van der Waals surface area contributed by atoms with Crippen molar-refractivity contribution in [2.45, 2.75) is 18.9 Å². The van der Waals surface area contributed by atoms with Crippen LogP contribution in [0.2, 0.25) is 0 Å². The van der Waals surface area contributed by atoms with Gasteiger partial charge in [0, 0.05) is 12.1 Å². The molecule has 1 N–H and O–H groups in total. The van der Waals surface area contributed by atoms with Crippen molar-refractivity contribution in [3.63, 3.8) is 0 Å². The molecule has 0 saturated carbocycles. The number of nitro groups is 1. The summed E-state index contributed by atoms with van der Waals surface area (Å²) in [7, 11) is 2.92. The van der Waals surface area contributed by atoms with Gasteiger partial charge in [-0.25, -0.2) is 4.79 Å². The lowest BCUT2D eigenvalue weighted by atomic mass is 10.1. The molecule has 7 heteroatoms. The first-order valence-corrected chi connectivity index (χ1v) is 8.50. The first kappa shape index (κ1) is 18.4. The quantitative estimate of drug-likeness (QED) is 0.360. The Morgan fingerprint density at radius 2 is 2.11 bits per heavy atom. The molecule has 140 valence electrons. The summed E-state index contributed by atoms with van der Waals surface area (Å²) in [6.45, 7) is 0. The minimum absolute atomic E-state index is 0.0229. The Morgan fingerprint density at radius 1 is 1.30 bits per heavy atom. The number of nitro benzene ring substituents is 1. The van der Waals surface area contributed by atoms with Gasteiger partial charge in [-0.05, 0) is 47.7 Å². The summed E-state index contributed by atoms with van der Waals surface area (Å²) in [4.78, 5) is 22.3. The Morgan fingerprint density at radius 3 is 2.81 bits per heavy atom. The van der Waals surface area contributed by atoms with Crippen molar-refractivity contribution in [2.24, 2.45) is 0 Å². The van der Waals surface area contributed by atoms with Crippen LogP contribution < -0.4 is 10.1 Å². The molecule has 0 aliphatic heterocycles. The van der Waals surface area contributed by atoms with E-state index in [0.717, 1.165) is 29.7 Å². The third-order valence-electron chi connectivity index (χ3n) is 4.61. The number of benzene rings is 2. The molecule has 1 unspecified atom stereocenters. The fourth-order valence-corrected chi connectivity index (χ4v) is 3.31. The van der Waals surface area contributed by atoms with Gasteiger partial charge in [0.05, 0.1) is 25.2 Å². The summed E-state index contributed by atoms with van der Waals surface area (Å²) in [5.41, 5.74) is 3.18. The minimum Gasteiger partial charge on any atom is -0.496 e. The highest BCUT2D eigenvalue weighted by Gasteiger charge is 2.27. The van der Waals surface area contributed by atoms with Gasteiger partial charge in [-0.3, -0.25) is 10.1 Å². The minimum atomic E-state index is -0.517. The fourth-order valence-electron chi connectivity index (χ4n) is 3.31. The van der Waals surface area contributed by atoms with Crippen LogP contribution in [0.15, 0.2) is 42.5 Å². The first-order chi connectivity index (χ1) is 13.0. The molecule has 0 bridgehead atoms. The molecule has 0 heterocycles. The lowest BCUT2D eigenvalue weighted by molar-refractivity contribution is -0.384. The molecule has 7 nitrogen and oxygen atoms in total. The zero-order valence-electron chi connectivity index (χ0n) is 15.1. The SMILES string of the molecule is COC(=O)/C=C/c1ccc(NC2CCc3c(OC)cccc32)c([N+](=O)[O-])c1. The van der Waals surface area contributed by atoms with Crippen LogP contribution in [0.5, 0.6) is 5.75 Å². The van der Waals surface area contributed by atoms with Crippen LogP contribution in [0.25, 0.3) is 6.08 Å². The van der Waals surface area contributed by atoms with Gasteiger partial charge in [0.1, 0.15) is 11.4 Å². The van der Waals surface area contributed by atoms with E-state index in [-0.39, 0.29) is 11.7 Å². The molecule has 0 radical (unpaired) electrons. The average Bonchev–Trinajstić information content (AvgIpc) is 3.09. The number of nitrogens with one attached hydrogen (secondary N) is 1. The molecular weight excluding hydrogens is 348 g/mol. The van der Waals surface area contributed by atoms with Crippen molar-refractivity contribution < 1.29 is 19.2 Å².